The van der Waals surface area contributed by atoms with Gasteiger partial charge in [0.15, 0.2) is 0 Å². The second-order valence-electron chi connectivity index (χ2n) is 8.03. The number of rotatable bonds is 7. The van der Waals surface area contributed by atoms with E-state index < -0.39 is 7.28 Å². The van der Waals surface area contributed by atoms with Crippen LogP contribution in [0.5, 0.6) is 5.75 Å². The summed E-state index contributed by atoms with van der Waals surface area (Å²) in [5.74, 6) is 0.861. The predicted molar refractivity (Wildman–Crippen MR) is 123 cm³/mol. The summed E-state index contributed by atoms with van der Waals surface area (Å²) < 4.78 is 13.2. The van der Waals surface area contributed by atoms with Crippen molar-refractivity contribution < 1.29 is 13.9 Å². The first-order chi connectivity index (χ1) is 13.7. The van der Waals surface area contributed by atoms with Crippen LogP contribution in [-0.2, 0) is 4.52 Å². The van der Waals surface area contributed by atoms with Crippen molar-refractivity contribution >= 4 is 17.9 Å². The van der Waals surface area contributed by atoms with Crippen molar-refractivity contribution in [2.75, 3.05) is 6.61 Å². The molecule has 0 fully saturated rings. The average molecular weight is 410 g/mol. The van der Waals surface area contributed by atoms with Crippen LogP contribution in [0, 0.1) is 26.7 Å². The fraction of sp³-hybridized carbons (Fsp3) is 0.280. The fourth-order valence-electron chi connectivity index (χ4n) is 3.53. The molecule has 0 spiro atoms. The fourth-order valence-corrected chi connectivity index (χ4v) is 7.56. The molecular weight excluding hydrogens is 379 g/mol. The van der Waals surface area contributed by atoms with E-state index in [2.05, 4.69) is 13.8 Å². The molecule has 3 nitrogen and oxygen atoms in total. The van der Waals surface area contributed by atoms with Gasteiger partial charge in [-0.1, -0.05) is 0 Å². The van der Waals surface area contributed by atoms with Gasteiger partial charge >= 0.3 is 174 Å². The van der Waals surface area contributed by atoms with E-state index in [0.717, 1.165) is 16.7 Å². The van der Waals surface area contributed by atoms with E-state index in [1.165, 1.54) is 0 Å². The quantitative estimate of drug-likeness (QED) is 0.515. The molecule has 0 aromatic heterocycles. The molecule has 3 aromatic rings. The van der Waals surface area contributed by atoms with Gasteiger partial charge in [-0.15, -0.1) is 0 Å². The van der Waals surface area contributed by atoms with Gasteiger partial charge in [-0.05, 0) is 0 Å². The van der Waals surface area contributed by atoms with E-state index in [-0.39, 0.29) is 5.92 Å². The number of para-hydroxylation sites is 1. The van der Waals surface area contributed by atoms with Gasteiger partial charge in [0.05, 0.1) is 0 Å². The van der Waals surface area contributed by atoms with Gasteiger partial charge in [-0.2, -0.15) is 0 Å². The molecule has 29 heavy (non-hydrogen) atoms. The van der Waals surface area contributed by atoms with Crippen molar-refractivity contribution in [1.29, 1.82) is 0 Å². The minimum absolute atomic E-state index is 0.233. The number of benzene rings is 3. The monoisotopic (exact) mass is 410 g/mol. The van der Waals surface area contributed by atoms with E-state index in [0.29, 0.717) is 23.0 Å². The Bertz CT molecular complexity index is 951. The molecule has 0 aliphatic rings. The summed E-state index contributed by atoms with van der Waals surface area (Å²) in [5, 5.41) is 1.41. The van der Waals surface area contributed by atoms with Crippen molar-refractivity contribution in [3.05, 3.63) is 89.5 Å². The molecule has 3 aromatic carbocycles. The summed E-state index contributed by atoms with van der Waals surface area (Å²) in [7, 11) is -4.49. The molecule has 154 valence electrons. The number of aryl methyl sites for hydroxylation is 3. The molecule has 0 radical (unpaired) electrons. The first-order valence-electron chi connectivity index (χ1n) is 10.1. The number of hydrogen-bond donors (Lipinski definition) is 1. The summed E-state index contributed by atoms with van der Waals surface area (Å²) >= 11 is 0. The SMILES string of the molecule is Cc1ccccc1OP(O)(OCC(C)C)(c1ccccc1C)c1ccccc1C. The van der Waals surface area contributed by atoms with Crippen LogP contribution in [-0.4, -0.2) is 11.5 Å². The third-order valence-electron chi connectivity index (χ3n) is 5.09. The number of hydrogen-bond acceptors (Lipinski definition) is 3. The third-order valence-corrected chi connectivity index (χ3v) is 8.96. The van der Waals surface area contributed by atoms with Gasteiger partial charge in [-0.25, -0.2) is 0 Å². The van der Waals surface area contributed by atoms with E-state index in [4.69, 9.17) is 9.05 Å². The zero-order valence-electron chi connectivity index (χ0n) is 17.9. The third kappa shape index (κ3) is 4.09. The van der Waals surface area contributed by atoms with Crippen LogP contribution >= 0.6 is 7.28 Å². The van der Waals surface area contributed by atoms with Crippen molar-refractivity contribution in [2.24, 2.45) is 5.92 Å². The van der Waals surface area contributed by atoms with Crippen LogP contribution in [0.25, 0.3) is 0 Å². The molecule has 4 heteroatoms. The maximum atomic E-state index is 12.8. The normalized spacial score (nSPS) is 13.1. The van der Waals surface area contributed by atoms with E-state index >= 15 is 0 Å². The summed E-state index contributed by atoms with van der Waals surface area (Å²) in [6.07, 6.45) is 0. The summed E-state index contributed by atoms with van der Waals surface area (Å²) in [5.41, 5.74) is 2.83. The van der Waals surface area contributed by atoms with Crippen LogP contribution in [0.2, 0.25) is 0 Å². The molecule has 0 aliphatic carbocycles. The Morgan fingerprint density at radius 3 is 1.62 bits per heavy atom. The molecule has 0 heterocycles. The Hall–Kier alpha value is -2.19. The van der Waals surface area contributed by atoms with E-state index in [9.17, 15) is 4.89 Å². The van der Waals surface area contributed by atoms with Crippen LogP contribution < -0.4 is 15.1 Å². The molecule has 0 saturated heterocycles. The molecule has 1 N–H and O–H groups in total. The molecule has 0 bridgehead atoms. The Balaban J connectivity index is 2.37. The first kappa shape index (κ1) is 21.5. The van der Waals surface area contributed by atoms with Crippen molar-refractivity contribution in [1.82, 2.24) is 0 Å². The van der Waals surface area contributed by atoms with Gasteiger partial charge in [0.2, 0.25) is 0 Å². The second kappa shape index (κ2) is 8.28. The molecule has 0 aliphatic heterocycles. The topological polar surface area (TPSA) is 38.7 Å². The van der Waals surface area contributed by atoms with Crippen molar-refractivity contribution in [3.63, 3.8) is 0 Å². The van der Waals surface area contributed by atoms with Crippen molar-refractivity contribution in [3.8, 4) is 5.75 Å². The average Bonchev–Trinajstić information content (AvgIpc) is 2.69. The summed E-state index contributed by atoms with van der Waals surface area (Å²) in [4.78, 5) is 12.8. The maximum absolute atomic E-state index is 12.8. The Labute approximate surface area is 174 Å². The molecule has 0 unspecified atom stereocenters. The predicted octanol–water partition coefficient (Wildman–Crippen LogP) is 5.60. The summed E-state index contributed by atoms with van der Waals surface area (Å²) in [6, 6.07) is 23.4. The summed E-state index contributed by atoms with van der Waals surface area (Å²) in [6.45, 7) is 10.5. The first-order valence-corrected chi connectivity index (χ1v) is 12.1. The molecular formula is C25H31O3P. The Kier molecular flexibility index (Phi) is 6.14. The molecule has 0 atom stereocenters. The van der Waals surface area contributed by atoms with Gasteiger partial charge in [-0.3, -0.25) is 0 Å². The van der Waals surface area contributed by atoms with E-state index in [1.54, 1.807) is 0 Å². The standard InChI is InChI=1S/C25H31O3P/c1-19(2)18-27-29(26,24-16-10-7-13-21(24)4,25-17-11-8-14-22(25)5)28-23-15-9-6-12-20(23)3/h6-17,19,26H,18H2,1-5H3. The van der Waals surface area contributed by atoms with Gasteiger partial charge in [0.1, 0.15) is 0 Å². The minimum atomic E-state index is -4.49. The zero-order chi connectivity index (χ0) is 21.1. The Morgan fingerprint density at radius 2 is 1.17 bits per heavy atom. The second-order valence-corrected chi connectivity index (χ2v) is 11.3. The zero-order valence-corrected chi connectivity index (χ0v) is 18.8. The van der Waals surface area contributed by atoms with Crippen LogP contribution in [0.15, 0.2) is 72.8 Å². The van der Waals surface area contributed by atoms with E-state index in [1.807, 2.05) is 93.6 Å². The van der Waals surface area contributed by atoms with Crippen LogP contribution in [0.1, 0.15) is 30.5 Å². The van der Waals surface area contributed by atoms with Crippen molar-refractivity contribution in [2.45, 2.75) is 34.6 Å². The molecule has 3 rings (SSSR count). The molecule has 0 saturated carbocycles. The van der Waals surface area contributed by atoms with Crippen LogP contribution in [0.3, 0.4) is 0 Å². The molecule has 0 amide bonds. The Morgan fingerprint density at radius 1 is 0.724 bits per heavy atom. The van der Waals surface area contributed by atoms with Crippen LogP contribution in [0.4, 0.5) is 0 Å². The van der Waals surface area contributed by atoms with Gasteiger partial charge in [0.25, 0.3) is 0 Å². The van der Waals surface area contributed by atoms with Gasteiger partial charge < -0.3 is 0 Å². The van der Waals surface area contributed by atoms with Gasteiger partial charge in [0, 0.05) is 0 Å².